The highest BCUT2D eigenvalue weighted by molar-refractivity contribution is 5.83. The van der Waals surface area contributed by atoms with Crippen molar-refractivity contribution in [2.24, 2.45) is 16.8 Å². The van der Waals surface area contributed by atoms with Gasteiger partial charge in [0.2, 0.25) is 5.91 Å². The van der Waals surface area contributed by atoms with Crippen LogP contribution >= 0.6 is 0 Å². The molecule has 20 heavy (non-hydrogen) atoms. The van der Waals surface area contributed by atoms with E-state index in [9.17, 15) is 4.79 Å². The molecule has 1 atom stereocenters. The summed E-state index contributed by atoms with van der Waals surface area (Å²) in [4.78, 5) is 14.0. The predicted octanol–water partition coefficient (Wildman–Crippen LogP) is 1.77. The lowest BCUT2D eigenvalue weighted by Gasteiger charge is -2.24. The van der Waals surface area contributed by atoms with Crippen LogP contribution in [0.25, 0.3) is 0 Å². The van der Waals surface area contributed by atoms with E-state index >= 15 is 0 Å². The van der Waals surface area contributed by atoms with Crippen molar-refractivity contribution in [1.82, 2.24) is 4.90 Å². The number of carbonyl (C=O) groups is 1. The molecule has 1 aromatic rings. The van der Waals surface area contributed by atoms with E-state index in [1.165, 1.54) is 5.56 Å². The van der Waals surface area contributed by atoms with Crippen LogP contribution in [0.3, 0.4) is 0 Å². The summed E-state index contributed by atoms with van der Waals surface area (Å²) in [5.41, 5.74) is 7.72. The van der Waals surface area contributed by atoms with Crippen LogP contribution in [0.5, 0.6) is 0 Å². The summed E-state index contributed by atoms with van der Waals surface area (Å²) in [5.74, 6) is 0.0300. The molecular weight excluding hydrogens is 254 g/mol. The molecule has 0 aliphatic heterocycles. The maximum absolute atomic E-state index is 12.3. The van der Waals surface area contributed by atoms with Gasteiger partial charge in [-0.25, -0.2) is 0 Å². The van der Waals surface area contributed by atoms with E-state index in [1.54, 1.807) is 4.90 Å². The minimum Gasteiger partial charge on any atom is -0.409 e. The highest BCUT2D eigenvalue weighted by Crippen LogP contribution is 2.08. The molecule has 3 N–H and O–H groups in total. The number of hydrogen-bond donors (Lipinski definition) is 2. The number of nitrogens with zero attached hydrogens (tertiary/aromatic N) is 2. The average molecular weight is 277 g/mol. The molecule has 1 unspecified atom stereocenters. The van der Waals surface area contributed by atoms with E-state index in [2.05, 4.69) is 5.16 Å². The number of benzene rings is 1. The monoisotopic (exact) mass is 277 g/mol. The number of hydrogen-bond acceptors (Lipinski definition) is 3. The molecule has 0 fully saturated rings. The Morgan fingerprint density at radius 1 is 1.40 bits per heavy atom. The van der Waals surface area contributed by atoms with Gasteiger partial charge < -0.3 is 15.8 Å². The number of nitrogens with two attached hydrogens (primary N) is 1. The van der Waals surface area contributed by atoms with Gasteiger partial charge in [0.05, 0.1) is 6.42 Å². The predicted molar refractivity (Wildman–Crippen MR) is 79.7 cm³/mol. The maximum Gasteiger partial charge on any atom is 0.227 e. The molecule has 1 amide bonds. The van der Waals surface area contributed by atoms with Crippen molar-refractivity contribution in [3.63, 3.8) is 0 Å². The number of aryl methyl sites for hydroxylation is 1. The molecule has 0 aromatic heterocycles. The summed E-state index contributed by atoms with van der Waals surface area (Å²) in [5, 5.41) is 11.6. The Hall–Kier alpha value is -2.04. The average Bonchev–Trinajstić information content (AvgIpc) is 2.45. The van der Waals surface area contributed by atoms with Crippen molar-refractivity contribution in [1.29, 1.82) is 0 Å². The first-order valence-electron chi connectivity index (χ1n) is 6.78. The van der Waals surface area contributed by atoms with Crippen molar-refractivity contribution in [3.8, 4) is 0 Å². The molecule has 1 aromatic carbocycles. The summed E-state index contributed by atoms with van der Waals surface area (Å²) in [6.07, 6.45) is 0.372. The SMILES string of the molecule is CCN(CC(C)C(N)=NO)C(=O)Cc1ccc(C)cc1. The largest absolute Gasteiger partial charge is 0.409 e. The lowest BCUT2D eigenvalue weighted by Crippen LogP contribution is -2.39. The van der Waals surface area contributed by atoms with E-state index in [0.717, 1.165) is 5.56 Å². The van der Waals surface area contributed by atoms with Crippen molar-refractivity contribution in [2.75, 3.05) is 13.1 Å². The first-order chi connectivity index (χ1) is 9.47. The second-order valence-corrected chi connectivity index (χ2v) is 5.02. The third-order valence-corrected chi connectivity index (χ3v) is 3.33. The van der Waals surface area contributed by atoms with E-state index in [0.29, 0.717) is 19.5 Å². The molecule has 0 radical (unpaired) electrons. The first kappa shape index (κ1) is 16.0. The number of amidine groups is 1. The summed E-state index contributed by atoms with van der Waals surface area (Å²) in [7, 11) is 0. The normalized spacial score (nSPS) is 13.1. The molecule has 5 heteroatoms. The Labute approximate surface area is 120 Å². The van der Waals surface area contributed by atoms with Crippen LogP contribution in [0.1, 0.15) is 25.0 Å². The smallest absolute Gasteiger partial charge is 0.227 e. The van der Waals surface area contributed by atoms with Crippen LogP contribution in [0.15, 0.2) is 29.4 Å². The standard InChI is InChI=1S/C15H23N3O2/c1-4-18(10-12(3)15(16)17-20)14(19)9-13-7-5-11(2)6-8-13/h5-8,12,20H,4,9-10H2,1-3H3,(H2,16,17). The van der Waals surface area contributed by atoms with Gasteiger partial charge in [-0.15, -0.1) is 0 Å². The second-order valence-electron chi connectivity index (χ2n) is 5.02. The molecule has 0 aliphatic rings. The summed E-state index contributed by atoms with van der Waals surface area (Å²) >= 11 is 0. The highest BCUT2D eigenvalue weighted by Gasteiger charge is 2.17. The highest BCUT2D eigenvalue weighted by atomic mass is 16.4. The van der Waals surface area contributed by atoms with E-state index < -0.39 is 0 Å². The van der Waals surface area contributed by atoms with Crippen molar-refractivity contribution >= 4 is 11.7 Å². The summed E-state index contributed by atoms with van der Waals surface area (Å²) in [6.45, 7) is 6.83. The fourth-order valence-corrected chi connectivity index (χ4v) is 1.92. The van der Waals surface area contributed by atoms with Gasteiger partial charge in [0.25, 0.3) is 0 Å². The maximum atomic E-state index is 12.3. The van der Waals surface area contributed by atoms with Crippen molar-refractivity contribution in [3.05, 3.63) is 35.4 Å². The number of likely N-dealkylation sites (N-methyl/N-ethyl adjacent to an activating group) is 1. The molecular formula is C15H23N3O2. The second kappa shape index (κ2) is 7.53. The number of carbonyl (C=O) groups excluding carboxylic acids is 1. The molecule has 0 aliphatic carbocycles. The Balaban J connectivity index is 2.65. The molecule has 0 saturated carbocycles. The number of rotatable bonds is 6. The summed E-state index contributed by atoms with van der Waals surface area (Å²) in [6, 6.07) is 7.93. The van der Waals surface area contributed by atoms with E-state index in [-0.39, 0.29) is 17.7 Å². The van der Waals surface area contributed by atoms with Gasteiger partial charge in [0.1, 0.15) is 5.84 Å². The quantitative estimate of drug-likeness (QED) is 0.360. The molecule has 0 spiro atoms. The van der Waals surface area contributed by atoms with Gasteiger partial charge in [-0.05, 0) is 19.4 Å². The molecule has 0 bridgehead atoms. The molecule has 110 valence electrons. The van der Waals surface area contributed by atoms with Crippen LogP contribution in [0, 0.1) is 12.8 Å². The first-order valence-corrected chi connectivity index (χ1v) is 6.78. The molecule has 0 heterocycles. The zero-order chi connectivity index (χ0) is 15.1. The Bertz CT molecular complexity index is 469. The third kappa shape index (κ3) is 4.57. The minimum absolute atomic E-state index is 0.0499. The van der Waals surface area contributed by atoms with Crippen molar-refractivity contribution in [2.45, 2.75) is 27.2 Å². The van der Waals surface area contributed by atoms with Crippen LogP contribution in [-0.2, 0) is 11.2 Å². The van der Waals surface area contributed by atoms with Gasteiger partial charge >= 0.3 is 0 Å². The third-order valence-electron chi connectivity index (χ3n) is 3.33. The van der Waals surface area contributed by atoms with Gasteiger partial charge in [-0.3, -0.25) is 4.79 Å². The van der Waals surface area contributed by atoms with Gasteiger partial charge in [-0.1, -0.05) is 41.9 Å². The zero-order valence-electron chi connectivity index (χ0n) is 12.3. The molecule has 5 nitrogen and oxygen atoms in total. The van der Waals surface area contributed by atoms with Crippen LogP contribution < -0.4 is 5.73 Å². The topological polar surface area (TPSA) is 78.9 Å². The number of amides is 1. The summed E-state index contributed by atoms with van der Waals surface area (Å²) < 4.78 is 0. The zero-order valence-corrected chi connectivity index (χ0v) is 12.3. The molecule has 0 saturated heterocycles. The lowest BCUT2D eigenvalue weighted by molar-refractivity contribution is -0.130. The van der Waals surface area contributed by atoms with E-state index in [4.69, 9.17) is 10.9 Å². The van der Waals surface area contributed by atoms with Crippen LogP contribution in [0.2, 0.25) is 0 Å². The van der Waals surface area contributed by atoms with E-state index in [1.807, 2.05) is 45.0 Å². The van der Waals surface area contributed by atoms with Crippen LogP contribution in [0.4, 0.5) is 0 Å². The molecule has 1 rings (SSSR count). The Morgan fingerprint density at radius 2 is 2.00 bits per heavy atom. The minimum atomic E-state index is -0.165. The Kier molecular flexibility index (Phi) is 6.03. The van der Waals surface area contributed by atoms with Gasteiger partial charge in [0, 0.05) is 19.0 Å². The van der Waals surface area contributed by atoms with Crippen molar-refractivity contribution < 1.29 is 10.0 Å². The lowest BCUT2D eigenvalue weighted by atomic mass is 10.1. The number of oxime groups is 1. The van der Waals surface area contributed by atoms with Crippen LogP contribution in [-0.4, -0.2) is 34.9 Å². The van der Waals surface area contributed by atoms with Gasteiger partial charge in [-0.2, -0.15) is 0 Å². The Morgan fingerprint density at radius 3 is 2.50 bits per heavy atom. The fourth-order valence-electron chi connectivity index (χ4n) is 1.92. The fraction of sp³-hybridized carbons (Fsp3) is 0.467. The van der Waals surface area contributed by atoms with Gasteiger partial charge in [0.15, 0.2) is 0 Å².